The van der Waals surface area contributed by atoms with Crippen molar-refractivity contribution in [2.75, 3.05) is 32.7 Å². The summed E-state index contributed by atoms with van der Waals surface area (Å²) in [5.74, 6) is 1.90. The molecule has 3 aromatic rings. The maximum absolute atomic E-state index is 13.2. The topological polar surface area (TPSA) is 71.9 Å². The van der Waals surface area contributed by atoms with E-state index in [2.05, 4.69) is 68.2 Å². The molecule has 0 unspecified atom stereocenters. The monoisotopic (exact) mass is 672 g/mol. The molecule has 2 heterocycles. The van der Waals surface area contributed by atoms with Gasteiger partial charge in [-0.2, -0.15) is 13.2 Å². The Balaban J connectivity index is 1.00. The molecule has 6 rings (SSSR count). The minimum atomic E-state index is -4.35. The number of hydrogen-bond donors (Lipinski definition) is 2. The van der Waals surface area contributed by atoms with Gasteiger partial charge in [0.05, 0.1) is 18.2 Å². The van der Waals surface area contributed by atoms with Gasteiger partial charge in [-0.3, -0.25) is 10.4 Å². The highest BCUT2D eigenvalue weighted by Crippen LogP contribution is 2.32. The van der Waals surface area contributed by atoms with Crippen molar-refractivity contribution in [2.24, 2.45) is 16.6 Å². The molecular formula is C40H51F3N6. The lowest BCUT2D eigenvalue weighted by atomic mass is 9.84. The minimum Gasteiger partial charge on any atom is -0.370 e. The Morgan fingerprint density at radius 2 is 1.47 bits per heavy atom. The highest BCUT2D eigenvalue weighted by atomic mass is 19.4. The van der Waals surface area contributed by atoms with Crippen LogP contribution in [0.1, 0.15) is 74.5 Å². The first-order chi connectivity index (χ1) is 23.7. The van der Waals surface area contributed by atoms with Gasteiger partial charge in [0.1, 0.15) is 0 Å². The Morgan fingerprint density at radius 1 is 0.755 bits per heavy atom. The van der Waals surface area contributed by atoms with E-state index in [0.717, 1.165) is 57.3 Å². The van der Waals surface area contributed by atoms with Gasteiger partial charge in [0.15, 0.2) is 11.9 Å². The number of nitrogens with one attached hydrogen (secondary N) is 1. The fraction of sp³-hybridized carbons (Fsp3) is 0.500. The average Bonchev–Trinajstić information content (AvgIpc) is 3.62. The average molecular weight is 673 g/mol. The molecule has 262 valence electrons. The molecule has 0 bridgehead atoms. The molecule has 2 atom stereocenters. The number of nitrogens with zero attached hydrogens (tertiary/aromatic N) is 4. The molecule has 3 N–H and O–H groups in total. The Morgan fingerprint density at radius 3 is 2.22 bits per heavy atom. The van der Waals surface area contributed by atoms with Crippen LogP contribution in [-0.2, 0) is 19.0 Å². The summed E-state index contributed by atoms with van der Waals surface area (Å²) in [4.78, 5) is 11.2. The van der Waals surface area contributed by atoms with Gasteiger partial charge in [-0.15, -0.1) is 0 Å². The Kier molecular flexibility index (Phi) is 11.5. The van der Waals surface area contributed by atoms with E-state index in [4.69, 9.17) is 5.73 Å². The summed E-state index contributed by atoms with van der Waals surface area (Å²) in [6, 6.07) is 25.5. The minimum absolute atomic E-state index is 0.160. The van der Waals surface area contributed by atoms with Crippen molar-refractivity contribution in [3.05, 3.63) is 95.6 Å². The number of hydrogen-bond acceptors (Lipinski definition) is 4. The Labute approximate surface area is 289 Å². The van der Waals surface area contributed by atoms with E-state index < -0.39 is 11.7 Å². The second kappa shape index (κ2) is 16.1. The number of nitrogens with two attached hydrogens (primary N) is 1. The lowest BCUT2D eigenvalue weighted by molar-refractivity contribution is -0.137. The van der Waals surface area contributed by atoms with Crippen LogP contribution in [-0.4, -0.2) is 71.4 Å². The first-order valence-corrected chi connectivity index (χ1v) is 18.2. The molecule has 1 saturated carbocycles. The molecule has 0 aromatic heterocycles. The predicted molar refractivity (Wildman–Crippen MR) is 193 cm³/mol. The largest absolute Gasteiger partial charge is 0.416 e. The van der Waals surface area contributed by atoms with Gasteiger partial charge in [-0.25, -0.2) is 0 Å². The highest BCUT2D eigenvalue weighted by molar-refractivity contribution is 5.80. The molecule has 9 heteroatoms. The molecule has 6 nitrogen and oxygen atoms in total. The van der Waals surface area contributed by atoms with Crippen LogP contribution in [0.15, 0.2) is 83.9 Å². The van der Waals surface area contributed by atoms with Crippen LogP contribution < -0.4 is 5.73 Å². The van der Waals surface area contributed by atoms with Crippen LogP contribution >= 0.6 is 0 Å². The molecule has 2 aliphatic heterocycles. The third-order valence-corrected chi connectivity index (χ3v) is 10.8. The SMILES string of the molecule is N=C1N(CCCC[C@H]2CN=C(N)N2CCc2cccc(C(F)(F)F)c2)C[C@H](CC2CCCCC2)N1CCc1ccc(-c2ccccc2)cc1. The third kappa shape index (κ3) is 9.17. The lowest BCUT2D eigenvalue weighted by Gasteiger charge is -2.30. The predicted octanol–water partition coefficient (Wildman–Crippen LogP) is 8.22. The van der Waals surface area contributed by atoms with Gasteiger partial charge in [0.2, 0.25) is 0 Å². The third-order valence-electron chi connectivity index (χ3n) is 10.8. The smallest absolute Gasteiger partial charge is 0.370 e. The summed E-state index contributed by atoms with van der Waals surface area (Å²) in [7, 11) is 0. The van der Waals surface area contributed by atoms with E-state index in [0.29, 0.717) is 43.0 Å². The lowest BCUT2D eigenvalue weighted by Crippen LogP contribution is -2.42. The van der Waals surface area contributed by atoms with E-state index in [1.807, 2.05) is 6.07 Å². The summed E-state index contributed by atoms with van der Waals surface area (Å²) in [6.07, 6.45) is 7.76. The van der Waals surface area contributed by atoms with Gasteiger partial charge >= 0.3 is 6.18 Å². The molecular weight excluding hydrogens is 621 g/mol. The van der Waals surface area contributed by atoms with E-state index in [-0.39, 0.29) is 6.04 Å². The number of aliphatic imine (C=N–C) groups is 1. The van der Waals surface area contributed by atoms with Crippen molar-refractivity contribution in [3.63, 3.8) is 0 Å². The number of guanidine groups is 2. The van der Waals surface area contributed by atoms with Crippen LogP contribution in [0.25, 0.3) is 11.1 Å². The first kappa shape index (κ1) is 34.8. The van der Waals surface area contributed by atoms with Crippen LogP contribution in [0.4, 0.5) is 13.2 Å². The molecule has 0 amide bonds. The van der Waals surface area contributed by atoms with Crippen LogP contribution in [0.5, 0.6) is 0 Å². The van der Waals surface area contributed by atoms with Gasteiger partial charge in [-0.05, 0) is 72.8 Å². The molecule has 1 saturated heterocycles. The first-order valence-electron chi connectivity index (χ1n) is 18.2. The number of benzene rings is 3. The Bertz CT molecular complexity index is 1530. The van der Waals surface area contributed by atoms with Crippen molar-refractivity contribution in [1.29, 1.82) is 5.41 Å². The summed E-state index contributed by atoms with van der Waals surface area (Å²) in [5.41, 5.74) is 10.0. The quantitative estimate of drug-likeness (QED) is 0.169. The van der Waals surface area contributed by atoms with Crippen molar-refractivity contribution in [3.8, 4) is 11.1 Å². The van der Waals surface area contributed by atoms with E-state index in [1.165, 1.54) is 67.3 Å². The standard InChI is InChI=1S/C40H51F3N6/c41-40(42,43)35-15-9-12-32(26-35)22-24-48-36(28-46-38(48)44)16-7-8-23-47-29-37(27-31-10-3-1-4-11-31)49(39(47)45)25-21-30-17-19-34(20-18-30)33-13-5-2-6-14-33/h2,5-6,9,12-15,17-20,26,31,36-37,45H,1,3-4,7-8,10-11,16,21-25,27-29H2,(H2,44,46)/t36-,37-/m0/s1. The molecule has 3 aliphatic rings. The van der Waals surface area contributed by atoms with E-state index >= 15 is 0 Å². The fourth-order valence-corrected chi connectivity index (χ4v) is 7.99. The summed E-state index contributed by atoms with van der Waals surface area (Å²) in [5, 5.41) is 9.21. The summed E-state index contributed by atoms with van der Waals surface area (Å²) in [6.45, 7) is 3.81. The van der Waals surface area contributed by atoms with E-state index in [1.54, 1.807) is 6.07 Å². The zero-order valence-electron chi connectivity index (χ0n) is 28.6. The van der Waals surface area contributed by atoms with E-state index in [9.17, 15) is 18.6 Å². The number of alkyl halides is 3. The molecule has 1 aliphatic carbocycles. The van der Waals surface area contributed by atoms with Crippen molar-refractivity contribution in [1.82, 2.24) is 14.7 Å². The highest BCUT2D eigenvalue weighted by Gasteiger charge is 2.36. The van der Waals surface area contributed by atoms with Crippen LogP contribution in [0, 0.1) is 11.3 Å². The Hall–Kier alpha value is -4.01. The second-order valence-electron chi connectivity index (χ2n) is 14.2. The fourth-order valence-electron chi connectivity index (χ4n) is 7.99. The maximum Gasteiger partial charge on any atom is 0.416 e. The second-order valence-corrected chi connectivity index (χ2v) is 14.2. The van der Waals surface area contributed by atoms with Gasteiger partial charge in [0.25, 0.3) is 0 Å². The summed E-state index contributed by atoms with van der Waals surface area (Å²) >= 11 is 0. The van der Waals surface area contributed by atoms with Gasteiger partial charge < -0.3 is 20.4 Å². The summed E-state index contributed by atoms with van der Waals surface area (Å²) < 4.78 is 39.6. The number of unbranched alkanes of at least 4 members (excludes halogenated alkanes) is 1. The van der Waals surface area contributed by atoms with Crippen molar-refractivity contribution >= 4 is 11.9 Å². The van der Waals surface area contributed by atoms with Gasteiger partial charge in [-0.1, -0.05) is 105 Å². The van der Waals surface area contributed by atoms with Crippen molar-refractivity contribution < 1.29 is 13.2 Å². The molecule has 3 aromatic carbocycles. The van der Waals surface area contributed by atoms with Crippen LogP contribution in [0.2, 0.25) is 0 Å². The maximum atomic E-state index is 13.2. The zero-order chi connectivity index (χ0) is 34.2. The molecule has 0 spiro atoms. The van der Waals surface area contributed by atoms with Crippen molar-refractivity contribution in [2.45, 2.75) is 88.9 Å². The number of rotatable bonds is 14. The number of halogens is 3. The molecule has 0 radical (unpaired) electrons. The van der Waals surface area contributed by atoms with Crippen LogP contribution in [0.3, 0.4) is 0 Å². The molecule has 2 fully saturated rings. The zero-order valence-corrected chi connectivity index (χ0v) is 28.6. The molecule has 49 heavy (non-hydrogen) atoms. The normalized spacial score (nSPS) is 20.3. The van der Waals surface area contributed by atoms with Gasteiger partial charge in [0, 0.05) is 32.2 Å².